The number of ketones is 1. The van der Waals surface area contributed by atoms with Crippen molar-refractivity contribution in [3.05, 3.63) is 0 Å². The predicted molar refractivity (Wildman–Crippen MR) is 61.0 cm³/mol. The molecule has 0 bridgehead atoms. The van der Waals surface area contributed by atoms with Crippen LogP contribution in [-0.2, 0) is 14.3 Å². The third-order valence-corrected chi connectivity index (χ3v) is 2.01. The Hall–Kier alpha value is -0.410. The molecular weight excluding hydrogens is 192 g/mol. The van der Waals surface area contributed by atoms with Gasteiger partial charge in [-0.3, -0.25) is 4.79 Å². The van der Waals surface area contributed by atoms with E-state index in [2.05, 4.69) is 0 Å². The maximum atomic E-state index is 11.4. The van der Waals surface area contributed by atoms with E-state index >= 15 is 0 Å². The smallest absolute Gasteiger partial charge is 0.161 e. The van der Waals surface area contributed by atoms with Gasteiger partial charge in [0.2, 0.25) is 0 Å². The molecule has 0 aliphatic heterocycles. The fourth-order valence-corrected chi connectivity index (χ4v) is 0.842. The summed E-state index contributed by atoms with van der Waals surface area (Å²) in [4.78, 5) is 11.4. The van der Waals surface area contributed by atoms with Crippen molar-refractivity contribution in [2.24, 2.45) is 5.92 Å². The third-order valence-electron chi connectivity index (χ3n) is 2.01. The Kier molecular flexibility index (Phi) is 6.06. The van der Waals surface area contributed by atoms with E-state index in [1.54, 1.807) is 0 Å². The van der Waals surface area contributed by atoms with Crippen LogP contribution in [0.5, 0.6) is 0 Å². The van der Waals surface area contributed by atoms with Crippen molar-refractivity contribution in [3.8, 4) is 0 Å². The molecule has 0 aliphatic carbocycles. The fraction of sp³-hybridized carbons (Fsp3) is 0.917. The summed E-state index contributed by atoms with van der Waals surface area (Å²) < 4.78 is 11.0. The molecule has 0 atom stereocenters. The molecule has 0 spiro atoms. The van der Waals surface area contributed by atoms with Gasteiger partial charge in [-0.2, -0.15) is 0 Å². The second kappa shape index (κ2) is 6.23. The fourth-order valence-electron chi connectivity index (χ4n) is 0.842. The molecule has 15 heavy (non-hydrogen) atoms. The topological polar surface area (TPSA) is 35.5 Å². The Morgan fingerprint density at radius 1 is 1.20 bits per heavy atom. The lowest BCUT2D eigenvalue weighted by molar-refractivity contribution is -0.137. The Bertz CT molecular complexity index is 195. The quantitative estimate of drug-likeness (QED) is 0.655. The molecule has 0 rings (SSSR count). The molecule has 0 aromatic carbocycles. The second-order valence-corrected chi connectivity index (χ2v) is 5.03. The van der Waals surface area contributed by atoms with Crippen LogP contribution in [0, 0.1) is 5.92 Å². The van der Waals surface area contributed by atoms with Crippen molar-refractivity contribution >= 4 is 5.78 Å². The summed E-state index contributed by atoms with van der Waals surface area (Å²) in [7, 11) is 0. The van der Waals surface area contributed by atoms with Crippen molar-refractivity contribution in [3.63, 3.8) is 0 Å². The summed E-state index contributed by atoms with van der Waals surface area (Å²) in [6, 6.07) is 0. The molecule has 0 radical (unpaired) electrons. The molecule has 3 nitrogen and oxygen atoms in total. The number of carbonyl (C=O) groups excluding carboxylic acids is 1. The molecule has 0 N–H and O–H groups in total. The van der Waals surface area contributed by atoms with Gasteiger partial charge >= 0.3 is 0 Å². The van der Waals surface area contributed by atoms with Crippen LogP contribution in [0.1, 0.15) is 41.5 Å². The zero-order chi connectivity index (χ0) is 12.1. The van der Waals surface area contributed by atoms with Gasteiger partial charge in [-0.15, -0.1) is 0 Å². The molecule has 0 aromatic heterocycles. The predicted octanol–water partition coefficient (Wildman–Crippen LogP) is 2.43. The summed E-state index contributed by atoms with van der Waals surface area (Å²) in [6.45, 7) is 12.3. The van der Waals surface area contributed by atoms with E-state index in [1.807, 2.05) is 41.5 Å². The average molecular weight is 216 g/mol. The van der Waals surface area contributed by atoms with Crippen LogP contribution in [0.4, 0.5) is 0 Å². The van der Waals surface area contributed by atoms with E-state index in [9.17, 15) is 4.79 Å². The molecule has 0 aliphatic rings. The van der Waals surface area contributed by atoms with Gasteiger partial charge in [0.05, 0.1) is 18.3 Å². The van der Waals surface area contributed by atoms with E-state index in [1.165, 1.54) is 0 Å². The van der Waals surface area contributed by atoms with Gasteiger partial charge in [0.1, 0.15) is 6.61 Å². The number of hydrogen-bond donors (Lipinski definition) is 0. The van der Waals surface area contributed by atoms with Crippen molar-refractivity contribution < 1.29 is 14.3 Å². The Balaban J connectivity index is 3.88. The van der Waals surface area contributed by atoms with Crippen LogP contribution in [0.15, 0.2) is 0 Å². The molecule has 0 heterocycles. The van der Waals surface area contributed by atoms with E-state index in [0.29, 0.717) is 6.61 Å². The van der Waals surface area contributed by atoms with Gasteiger partial charge in [-0.05, 0) is 27.7 Å². The molecule has 0 fully saturated rings. The first-order valence-electron chi connectivity index (χ1n) is 5.53. The van der Waals surface area contributed by atoms with E-state index in [-0.39, 0.29) is 24.4 Å². The minimum absolute atomic E-state index is 0.0341. The first-order chi connectivity index (χ1) is 6.74. The van der Waals surface area contributed by atoms with Crippen LogP contribution >= 0.6 is 0 Å². The Labute approximate surface area is 93.1 Å². The first kappa shape index (κ1) is 14.6. The maximum Gasteiger partial charge on any atom is 0.161 e. The number of hydrogen-bond acceptors (Lipinski definition) is 3. The lowest BCUT2D eigenvalue weighted by Crippen LogP contribution is -2.34. The SMILES string of the molecule is CC(C)OCC(C)(C)OCC(=O)C(C)C. The minimum atomic E-state index is -0.394. The highest BCUT2D eigenvalue weighted by Gasteiger charge is 2.21. The van der Waals surface area contributed by atoms with Crippen molar-refractivity contribution in [2.45, 2.75) is 53.2 Å². The standard InChI is InChI=1S/C12H24O3/c1-9(2)11(13)7-15-12(5,6)8-14-10(3)4/h9-10H,7-8H2,1-6H3. The summed E-state index contributed by atoms with van der Waals surface area (Å²) in [5.74, 6) is 0.166. The number of Topliss-reactive ketones (excluding diaryl/α,β-unsaturated/α-hetero) is 1. The molecule has 90 valence electrons. The summed E-state index contributed by atoms with van der Waals surface area (Å²) >= 11 is 0. The third kappa shape index (κ3) is 7.51. The molecule has 0 saturated heterocycles. The zero-order valence-electron chi connectivity index (χ0n) is 10.8. The normalized spacial score (nSPS) is 12.5. The molecule has 3 heteroatoms. The van der Waals surface area contributed by atoms with Crippen LogP contribution < -0.4 is 0 Å². The summed E-state index contributed by atoms with van der Waals surface area (Å²) in [5, 5.41) is 0. The summed E-state index contributed by atoms with van der Waals surface area (Å²) in [5.41, 5.74) is -0.394. The lowest BCUT2D eigenvalue weighted by atomic mass is 10.1. The largest absolute Gasteiger partial charge is 0.376 e. The van der Waals surface area contributed by atoms with Crippen LogP contribution in [-0.4, -0.2) is 30.7 Å². The number of carbonyl (C=O) groups is 1. The first-order valence-corrected chi connectivity index (χ1v) is 5.53. The zero-order valence-corrected chi connectivity index (χ0v) is 10.8. The van der Waals surface area contributed by atoms with Gasteiger partial charge in [0, 0.05) is 5.92 Å². The van der Waals surface area contributed by atoms with Gasteiger partial charge in [0.15, 0.2) is 5.78 Å². The van der Waals surface area contributed by atoms with Gasteiger partial charge in [-0.1, -0.05) is 13.8 Å². The Morgan fingerprint density at radius 3 is 2.13 bits per heavy atom. The number of rotatable bonds is 7. The number of ether oxygens (including phenoxy) is 2. The Morgan fingerprint density at radius 2 is 1.73 bits per heavy atom. The molecule has 0 saturated carbocycles. The van der Waals surface area contributed by atoms with Crippen LogP contribution in [0.2, 0.25) is 0 Å². The monoisotopic (exact) mass is 216 g/mol. The van der Waals surface area contributed by atoms with E-state index < -0.39 is 5.60 Å². The van der Waals surface area contributed by atoms with E-state index in [0.717, 1.165) is 0 Å². The lowest BCUT2D eigenvalue weighted by Gasteiger charge is -2.26. The van der Waals surface area contributed by atoms with Crippen LogP contribution in [0.25, 0.3) is 0 Å². The van der Waals surface area contributed by atoms with E-state index in [4.69, 9.17) is 9.47 Å². The molecule has 0 unspecified atom stereocenters. The van der Waals surface area contributed by atoms with Gasteiger partial charge < -0.3 is 9.47 Å². The highest BCUT2D eigenvalue weighted by Crippen LogP contribution is 2.11. The maximum absolute atomic E-state index is 11.4. The van der Waals surface area contributed by atoms with Crippen molar-refractivity contribution in [1.82, 2.24) is 0 Å². The van der Waals surface area contributed by atoms with Crippen molar-refractivity contribution in [2.75, 3.05) is 13.2 Å². The van der Waals surface area contributed by atoms with Gasteiger partial charge in [-0.25, -0.2) is 0 Å². The molecule has 0 amide bonds. The average Bonchev–Trinajstić information content (AvgIpc) is 2.11. The van der Waals surface area contributed by atoms with Gasteiger partial charge in [0.25, 0.3) is 0 Å². The summed E-state index contributed by atoms with van der Waals surface area (Å²) in [6.07, 6.45) is 0.189. The molecule has 0 aromatic rings. The van der Waals surface area contributed by atoms with Crippen LogP contribution in [0.3, 0.4) is 0 Å². The highest BCUT2D eigenvalue weighted by atomic mass is 16.5. The second-order valence-electron chi connectivity index (χ2n) is 5.03. The minimum Gasteiger partial charge on any atom is -0.376 e. The highest BCUT2D eigenvalue weighted by molar-refractivity contribution is 5.81. The van der Waals surface area contributed by atoms with Crippen molar-refractivity contribution in [1.29, 1.82) is 0 Å². The molecular formula is C12H24O3.